The Morgan fingerprint density at radius 3 is 1.35 bits per heavy atom. The highest BCUT2D eigenvalue weighted by Gasteiger charge is 2.28. The van der Waals surface area contributed by atoms with Crippen molar-refractivity contribution in [2.24, 2.45) is 20.5 Å². The fourth-order valence-electron chi connectivity index (χ4n) is 7.68. The Kier molecular flexibility index (Phi) is 13.2. The van der Waals surface area contributed by atoms with Gasteiger partial charge in [0.2, 0.25) is 0 Å². The summed E-state index contributed by atoms with van der Waals surface area (Å²) in [5, 5.41) is 44.4. The van der Waals surface area contributed by atoms with Crippen molar-refractivity contribution in [3.63, 3.8) is 0 Å². The number of aromatic hydroxyl groups is 2. The molecule has 362 valence electrons. The molecule has 0 aliphatic heterocycles. The van der Waals surface area contributed by atoms with Gasteiger partial charge < -0.3 is 20.8 Å². The average molecular weight is 1060 g/mol. The number of halogens is 2. The number of carbonyl (C=O) groups is 2. The summed E-state index contributed by atoms with van der Waals surface area (Å²) in [4.78, 5) is 26.1. The first-order valence-electron chi connectivity index (χ1n) is 20.4. The van der Waals surface area contributed by atoms with E-state index in [1.807, 2.05) is 6.92 Å². The van der Waals surface area contributed by atoms with Gasteiger partial charge in [-0.3, -0.25) is 23.2 Å². The topological polar surface area (TPSA) is 311 Å². The van der Waals surface area contributed by atoms with Gasteiger partial charge in [-0.1, -0.05) is 59.6 Å². The van der Waals surface area contributed by atoms with Crippen LogP contribution in [-0.4, -0.2) is 60.9 Å². The molecular formula is C47H34Cl2N6O13S3. The third-order valence-corrected chi connectivity index (χ3v) is 14.1. The van der Waals surface area contributed by atoms with Crippen LogP contribution >= 0.6 is 23.2 Å². The van der Waals surface area contributed by atoms with Gasteiger partial charge in [0, 0.05) is 21.9 Å². The minimum absolute atomic E-state index is 0.0302. The van der Waals surface area contributed by atoms with Crippen LogP contribution in [0.1, 0.15) is 37.4 Å². The van der Waals surface area contributed by atoms with Crippen LogP contribution in [0.3, 0.4) is 0 Å². The molecule has 8 aromatic rings. The van der Waals surface area contributed by atoms with Gasteiger partial charge in [-0.05, 0) is 132 Å². The van der Waals surface area contributed by atoms with E-state index in [2.05, 4.69) is 31.1 Å². The Hall–Kier alpha value is -7.41. The van der Waals surface area contributed by atoms with Crippen LogP contribution in [0.25, 0.3) is 32.3 Å². The standard InChI is InChI=1S/C47H34Cl2N6O13S3/c1-22-10-12-35(33(48)14-22)52-54-42-24(3)16-25-17-27(69(60,61)62)20-37(40(25)44(42)56)50-46(58)31-8-4-7-30-29(31)6-5-9-32(30)47(59)51-38-21-28(70(63,64)65)18-26-19-39(71(66,67)68)43(45(57)41(26)38)55-53-36-13-11-23(2)15-34(36)49/h4-21,56-57H,1-3H3,(H,50,58)(H,51,59)(H,60,61,62)(H,63,64,65)(H,66,67,68). The van der Waals surface area contributed by atoms with Crippen LogP contribution in [0.5, 0.6) is 11.5 Å². The summed E-state index contributed by atoms with van der Waals surface area (Å²) in [6, 6.07) is 23.8. The second-order valence-electron chi connectivity index (χ2n) is 15.9. The van der Waals surface area contributed by atoms with E-state index >= 15 is 0 Å². The molecule has 0 aliphatic rings. The number of hydrogen-bond donors (Lipinski definition) is 7. The molecule has 0 unspecified atom stereocenters. The van der Waals surface area contributed by atoms with E-state index in [9.17, 15) is 58.7 Å². The maximum absolute atomic E-state index is 14.3. The molecule has 0 fully saturated rings. The predicted molar refractivity (Wildman–Crippen MR) is 266 cm³/mol. The molecule has 2 amide bonds. The van der Waals surface area contributed by atoms with Crippen molar-refractivity contribution in [1.82, 2.24) is 0 Å². The first kappa shape index (κ1) is 50.0. The fourth-order valence-corrected chi connectivity index (χ4v) is 9.96. The molecule has 0 heterocycles. The Bertz CT molecular complexity index is 4060. The van der Waals surface area contributed by atoms with Gasteiger partial charge in [-0.2, -0.15) is 25.3 Å². The van der Waals surface area contributed by atoms with E-state index in [0.717, 1.165) is 41.5 Å². The molecule has 0 spiro atoms. The second-order valence-corrected chi connectivity index (χ2v) is 21.0. The minimum atomic E-state index is -5.23. The first-order valence-corrected chi connectivity index (χ1v) is 25.4. The van der Waals surface area contributed by atoms with Crippen molar-refractivity contribution in [3.8, 4) is 11.5 Å². The number of fused-ring (bicyclic) bond motifs is 3. The number of benzene rings is 8. The number of rotatable bonds is 11. The molecular weight excluding hydrogens is 1020 g/mol. The molecule has 0 radical (unpaired) electrons. The lowest BCUT2D eigenvalue weighted by Gasteiger charge is -2.16. The zero-order valence-corrected chi connectivity index (χ0v) is 40.6. The van der Waals surface area contributed by atoms with Gasteiger partial charge in [-0.25, -0.2) is 0 Å². The molecule has 8 aromatic carbocycles. The lowest BCUT2D eigenvalue weighted by atomic mass is 9.98. The molecule has 0 aromatic heterocycles. The number of hydrogen-bond acceptors (Lipinski definition) is 14. The van der Waals surface area contributed by atoms with E-state index < -0.39 is 90.5 Å². The maximum Gasteiger partial charge on any atom is 0.296 e. The zero-order valence-electron chi connectivity index (χ0n) is 36.7. The van der Waals surface area contributed by atoms with Gasteiger partial charge >= 0.3 is 0 Å². The van der Waals surface area contributed by atoms with Crippen molar-refractivity contribution < 1.29 is 58.7 Å². The van der Waals surface area contributed by atoms with Crippen LogP contribution in [0.15, 0.2) is 144 Å². The normalized spacial score (nSPS) is 12.4. The highest BCUT2D eigenvalue weighted by molar-refractivity contribution is 7.86. The van der Waals surface area contributed by atoms with Crippen LogP contribution in [-0.2, 0) is 30.4 Å². The second kappa shape index (κ2) is 18.7. The molecule has 8 rings (SSSR count). The van der Waals surface area contributed by atoms with E-state index in [1.165, 1.54) is 54.6 Å². The number of nitrogens with zero attached hydrogens (tertiary/aromatic N) is 4. The number of carbonyl (C=O) groups excluding carboxylic acids is 2. The SMILES string of the molecule is Cc1ccc(N=Nc2c(C)cc3cc(S(=O)(=O)O)cc(NC(=O)c4cccc5c(C(=O)Nc6cc(S(=O)(=O)O)cc7cc(S(=O)(=O)O)c(N=Nc8ccc(C)cc8Cl)c(O)c67)cccc45)c3c2O)c(Cl)c1. The number of nitrogens with one attached hydrogen (secondary N) is 2. The van der Waals surface area contributed by atoms with Gasteiger partial charge in [0.25, 0.3) is 42.2 Å². The minimum Gasteiger partial charge on any atom is -0.505 e. The molecule has 19 nitrogen and oxygen atoms in total. The Balaban J connectivity index is 1.21. The lowest BCUT2D eigenvalue weighted by molar-refractivity contribution is 0.101. The van der Waals surface area contributed by atoms with Crippen LogP contribution in [0, 0.1) is 20.8 Å². The third kappa shape index (κ3) is 10.1. The Morgan fingerprint density at radius 2 is 0.930 bits per heavy atom. The summed E-state index contributed by atoms with van der Waals surface area (Å²) < 4.78 is 106. The average Bonchev–Trinajstić information content (AvgIpc) is 3.27. The van der Waals surface area contributed by atoms with Crippen molar-refractivity contribution >= 4 is 132 Å². The van der Waals surface area contributed by atoms with Gasteiger partial charge in [0.15, 0.2) is 11.5 Å². The summed E-state index contributed by atoms with van der Waals surface area (Å²) in [5.74, 6) is -3.40. The number of phenolic OH excluding ortho intramolecular Hbond substituents is 2. The molecule has 0 saturated carbocycles. The quantitative estimate of drug-likeness (QED) is 0.0469. The van der Waals surface area contributed by atoms with Crippen LogP contribution in [0.2, 0.25) is 10.0 Å². The van der Waals surface area contributed by atoms with Gasteiger partial charge in [-0.15, -0.1) is 20.5 Å². The Morgan fingerprint density at radius 1 is 0.507 bits per heavy atom. The van der Waals surface area contributed by atoms with Gasteiger partial charge in [0.05, 0.1) is 31.2 Å². The fraction of sp³-hybridized carbons (Fsp3) is 0.0638. The van der Waals surface area contributed by atoms with E-state index in [-0.39, 0.29) is 65.5 Å². The number of azo groups is 2. The predicted octanol–water partition coefficient (Wildman–Crippen LogP) is 11.9. The van der Waals surface area contributed by atoms with E-state index in [1.54, 1.807) is 38.1 Å². The van der Waals surface area contributed by atoms with Crippen LogP contribution < -0.4 is 10.6 Å². The van der Waals surface area contributed by atoms with Gasteiger partial charge in [0.1, 0.15) is 27.6 Å². The first-order chi connectivity index (χ1) is 33.3. The molecule has 0 saturated heterocycles. The molecule has 0 aliphatic carbocycles. The number of phenols is 2. The summed E-state index contributed by atoms with van der Waals surface area (Å²) in [6.45, 7) is 5.14. The molecule has 71 heavy (non-hydrogen) atoms. The van der Waals surface area contributed by atoms with E-state index in [4.69, 9.17) is 23.2 Å². The summed E-state index contributed by atoms with van der Waals surface area (Å²) in [5.41, 5.74) is 0.323. The number of amides is 2. The van der Waals surface area contributed by atoms with Crippen molar-refractivity contribution in [2.45, 2.75) is 35.5 Å². The molecule has 0 atom stereocenters. The summed E-state index contributed by atoms with van der Waals surface area (Å²) >= 11 is 12.6. The highest BCUT2D eigenvalue weighted by atomic mass is 35.5. The van der Waals surface area contributed by atoms with Crippen LogP contribution in [0.4, 0.5) is 34.1 Å². The maximum atomic E-state index is 14.3. The largest absolute Gasteiger partial charge is 0.505 e. The number of aryl methyl sites for hydroxylation is 3. The number of anilines is 2. The summed E-state index contributed by atoms with van der Waals surface area (Å²) in [6.07, 6.45) is 0. The lowest BCUT2D eigenvalue weighted by Crippen LogP contribution is -2.16. The van der Waals surface area contributed by atoms with Crippen molar-refractivity contribution in [1.29, 1.82) is 0 Å². The Labute approximate surface area is 413 Å². The molecule has 7 N–H and O–H groups in total. The molecule has 24 heteroatoms. The zero-order chi connectivity index (χ0) is 51.5. The monoisotopic (exact) mass is 1060 g/mol. The van der Waals surface area contributed by atoms with Crippen molar-refractivity contribution in [2.75, 3.05) is 10.6 Å². The van der Waals surface area contributed by atoms with E-state index in [0.29, 0.717) is 5.56 Å². The summed E-state index contributed by atoms with van der Waals surface area (Å²) in [7, 11) is -15.2. The van der Waals surface area contributed by atoms with Crippen molar-refractivity contribution in [3.05, 3.63) is 147 Å². The smallest absolute Gasteiger partial charge is 0.296 e. The molecule has 0 bridgehead atoms. The highest BCUT2D eigenvalue weighted by Crippen LogP contribution is 2.47. The third-order valence-electron chi connectivity index (χ3n) is 11.0.